The van der Waals surface area contributed by atoms with E-state index >= 15 is 0 Å². The average Bonchev–Trinajstić information content (AvgIpc) is 2.52. The van der Waals surface area contributed by atoms with E-state index in [1.54, 1.807) is 0 Å². The number of nitrogens with zero attached hydrogens (tertiary/aromatic N) is 1. The highest BCUT2D eigenvalue weighted by Gasteiger charge is 2.51. The number of thiocarbonyl (C=S) groups is 1. The molecule has 2 rings (SSSR count). The molecule has 0 saturated heterocycles. The van der Waals surface area contributed by atoms with Crippen molar-refractivity contribution < 1.29 is 4.79 Å². The normalized spacial score (nSPS) is 26.5. The highest BCUT2D eigenvalue weighted by molar-refractivity contribution is 7.80. The second-order valence-electron chi connectivity index (χ2n) is 5.07. The number of thiazole rings is 1. The molecule has 0 unspecified atom stereocenters. The molecule has 1 heterocycles. The number of amides is 1. The molecule has 1 aliphatic carbocycles. The van der Waals surface area contributed by atoms with Gasteiger partial charge in [-0.15, -0.1) is 11.3 Å². The Morgan fingerprint density at radius 3 is 2.56 bits per heavy atom. The number of hydrogen-bond donors (Lipinski definition) is 2. The lowest BCUT2D eigenvalue weighted by Crippen LogP contribution is -2.53. The number of anilines is 1. The molecule has 4 nitrogen and oxygen atoms in total. The molecule has 3 N–H and O–H groups in total. The van der Waals surface area contributed by atoms with Gasteiger partial charge in [-0.25, -0.2) is 4.98 Å². The molecule has 1 fully saturated rings. The van der Waals surface area contributed by atoms with E-state index in [1.807, 2.05) is 13.8 Å². The quantitative estimate of drug-likeness (QED) is 0.836. The van der Waals surface area contributed by atoms with Crippen LogP contribution in [0.2, 0.25) is 0 Å². The second kappa shape index (κ2) is 4.59. The van der Waals surface area contributed by atoms with E-state index in [4.69, 9.17) is 18.0 Å². The Bertz CT molecular complexity index is 484. The van der Waals surface area contributed by atoms with Gasteiger partial charge >= 0.3 is 0 Å². The Labute approximate surface area is 116 Å². The number of carbonyl (C=O) groups is 1. The summed E-state index contributed by atoms with van der Waals surface area (Å²) >= 11 is 6.54. The maximum absolute atomic E-state index is 12.3. The zero-order valence-corrected chi connectivity index (χ0v) is 12.4. The number of carbonyl (C=O) groups excluding carboxylic acids is 1. The van der Waals surface area contributed by atoms with Crippen LogP contribution in [0.4, 0.5) is 5.13 Å². The first-order valence-corrected chi connectivity index (χ1v) is 7.13. The summed E-state index contributed by atoms with van der Waals surface area (Å²) in [4.78, 5) is 18.0. The standard InChI is InChI=1S/C12H17N3OS2/c1-6-4-12(5-6,9(13)17)10(16)15-11-14-7(2)8(3)18-11/h6H,4-5H2,1-3H3,(H2,13,17)(H,14,15,16). The molecule has 1 saturated carbocycles. The van der Waals surface area contributed by atoms with Crippen LogP contribution >= 0.6 is 23.6 Å². The van der Waals surface area contributed by atoms with Crippen LogP contribution in [-0.2, 0) is 4.79 Å². The molecule has 98 valence electrons. The Kier molecular flexibility index (Phi) is 3.42. The minimum atomic E-state index is -0.664. The van der Waals surface area contributed by atoms with Gasteiger partial charge in [0.1, 0.15) is 0 Å². The van der Waals surface area contributed by atoms with Crippen molar-refractivity contribution in [3.8, 4) is 0 Å². The second-order valence-corrected chi connectivity index (χ2v) is 6.72. The third-order valence-corrected chi connectivity index (χ3v) is 4.93. The van der Waals surface area contributed by atoms with Gasteiger partial charge in [0.2, 0.25) is 5.91 Å². The van der Waals surface area contributed by atoms with Crippen LogP contribution in [0.15, 0.2) is 0 Å². The predicted molar refractivity (Wildman–Crippen MR) is 77.8 cm³/mol. The SMILES string of the molecule is Cc1nc(NC(=O)C2(C(N)=S)CC(C)C2)sc1C. The lowest BCUT2D eigenvalue weighted by molar-refractivity contribution is -0.127. The van der Waals surface area contributed by atoms with E-state index < -0.39 is 5.41 Å². The first-order valence-electron chi connectivity index (χ1n) is 5.90. The van der Waals surface area contributed by atoms with Gasteiger partial charge in [-0.1, -0.05) is 19.1 Å². The van der Waals surface area contributed by atoms with Crippen LogP contribution in [-0.4, -0.2) is 15.9 Å². The Balaban J connectivity index is 2.14. The summed E-state index contributed by atoms with van der Waals surface area (Å²) in [5.74, 6) is 0.388. The summed E-state index contributed by atoms with van der Waals surface area (Å²) < 4.78 is 0. The molecule has 0 atom stereocenters. The van der Waals surface area contributed by atoms with Gasteiger partial charge in [0.05, 0.1) is 16.1 Å². The predicted octanol–water partition coefficient (Wildman–Crippen LogP) is 2.40. The molecule has 1 aliphatic rings. The van der Waals surface area contributed by atoms with E-state index in [9.17, 15) is 4.79 Å². The van der Waals surface area contributed by atoms with Crippen molar-refractivity contribution in [3.05, 3.63) is 10.6 Å². The first kappa shape index (κ1) is 13.4. The third-order valence-electron chi connectivity index (χ3n) is 3.55. The van der Waals surface area contributed by atoms with Crippen LogP contribution in [0.1, 0.15) is 30.3 Å². The molecule has 0 aliphatic heterocycles. The van der Waals surface area contributed by atoms with Crippen molar-refractivity contribution in [1.29, 1.82) is 0 Å². The molecule has 1 aromatic heterocycles. The molecular formula is C12H17N3OS2. The number of aryl methyl sites for hydroxylation is 2. The number of rotatable bonds is 3. The average molecular weight is 283 g/mol. The molecule has 1 amide bonds. The number of nitrogens with two attached hydrogens (primary N) is 1. The topological polar surface area (TPSA) is 68.0 Å². The smallest absolute Gasteiger partial charge is 0.239 e. The van der Waals surface area contributed by atoms with Crippen molar-refractivity contribution >= 4 is 39.6 Å². The van der Waals surface area contributed by atoms with Crippen LogP contribution in [0.3, 0.4) is 0 Å². The fourth-order valence-electron chi connectivity index (χ4n) is 2.37. The zero-order chi connectivity index (χ0) is 13.5. The lowest BCUT2D eigenvalue weighted by Gasteiger charge is -2.43. The lowest BCUT2D eigenvalue weighted by atomic mass is 9.62. The summed E-state index contributed by atoms with van der Waals surface area (Å²) in [6, 6.07) is 0. The molecule has 18 heavy (non-hydrogen) atoms. The van der Waals surface area contributed by atoms with E-state index in [-0.39, 0.29) is 5.91 Å². The van der Waals surface area contributed by atoms with Crippen LogP contribution in [0, 0.1) is 25.2 Å². The van der Waals surface area contributed by atoms with Gasteiger partial charge in [0.15, 0.2) is 5.13 Å². The molecule has 0 bridgehead atoms. The van der Waals surface area contributed by atoms with E-state index in [0.29, 0.717) is 16.0 Å². The van der Waals surface area contributed by atoms with Crippen LogP contribution in [0.5, 0.6) is 0 Å². The molecule has 0 aromatic carbocycles. The minimum Gasteiger partial charge on any atom is -0.392 e. The summed E-state index contributed by atoms with van der Waals surface area (Å²) in [7, 11) is 0. The first-order chi connectivity index (χ1) is 8.35. The zero-order valence-electron chi connectivity index (χ0n) is 10.7. The summed E-state index contributed by atoms with van der Waals surface area (Å²) in [5, 5.41) is 3.48. The molecule has 1 aromatic rings. The van der Waals surface area contributed by atoms with Crippen molar-refractivity contribution in [3.63, 3.8) is 0 Å². The highest BCUT2D eigenvalue weighted by Crippen LogP contribution is 2.46. The van der Waals surface area contributed by atoms with Crippen molar-refractivity contribution in [2.24, 2.45) is 17.1 Å². The monoisotopic (exact) mass is 283 g/mol. The number of nitrogens with one attached hydrogen (secondary N) is 1. The van der Waals surface area contributed by atoms with Crippen LogP contribution in [0.25, 0.3) is 0 Å². The maximum atomic E-state index is 12.3. The van der Waals surface area contributed by atoms with E-state index in [2.05, 4.69) is 17.2 Å². The summed E-state index contributed by atoms with van der Waals surface area (Å²) in [6.45, 7) is 6.01. The van der Waals surface area contributed by atoms with Crippen molar-refractivity contribution in [2.45, 2.75) is 33.6 Å². The van der Waals surface area contributed by atoms with Crippen molar-refractivity contribution in [2.75, 3.05) is 5.32 Å². The van der Waals surface area contributed by atoms with Gasteiger partial charge in [0.25, 0.3) is 0 Å². The van der Waals surface area contributed by atoms with E-state index in [1.165, 1.54) is 11.3 Å². The largest absolute Gasteiger partial charge is 0.392 e. The minimum absolute atomic E-state index is 0.109. The molecular weight excluding hydrogens is 266 g/mol. The van der Waals surface area contributed by atoms with Gasteiger partial charge < -0.3 is 11.1 Å². The van der Waals surface area contributed by atoms with Gasteiger partial charge in [-0.2, -0.15) is 0 Å². The third kappa shape index (κ3) is 2.14. The number of hydrogen-bond acceptors (Lipinski definition) is 4. The van der Waals surface area contributed by atoms with Crippen LogP contribution < -0.4 is 11.1 Å². The fraction of sp³-hybridized carbons (Fsp3) is 0.583. The number of aromatic nitrogens is 1. The van der Waals surface area contributed by atoms with Crippen molar-refractivity contribution in [1.82, 2.24) is 4.98 Å². The summed E-state index contributed by atoms with van der Waals surface area (Å²) in [5.41, 5.74) is 6.02. The Morgan fingerprint density at radius 1 is 1.56 bits per heavy atom. The molecule has 6 heteroatoms. The highest BCUT2D eigenvalue weighted by atomic mass is 32.1. The summed E-state index contributed by atoms with van der Waals surface area (Å²) in [6.07, 6.45) is 1.47. The molecule has 0 radical (unpaired) electrons. The van der Waals surface area contributed by atoms with Gasteiger partial charge in [-0.3, -0.25) is 4.79 Å². The molecule has 0 spiro atoms. The van der Waals surface area contributed by atoms with Gasteiger partial charge in [0, 0.05) is 4.88 Å². The van der Waals surface area contributed by atoms with Gasteiger partial charge in [-0.05, 0) is 32.6 Å². The fourth-order valence-corrected chi connectivity index (χ4v) is 3.44. The Morgan fingerprint density at radius 2 is 2.17 bits per heavy atom. The Hall–Kier alpha value is -1.01. The van der Waals surface area contributed by atoms with E-state index in [0.717, 1.165) is 23.4 Å². The maximum Gasteiger partial charge on any atom is 0.239 e.